The number of hydrogen-bond acceptors (Lipinski definition) is 3. The van der Waals surface area contributed by atoms with Gasteiger partial charge in [0.25, 0.3) is 4.80 Å². The maximum atomic E-state index is 5.44. The van der Waals surface area contributed by atoms with Crippen LogP contribution in [-0.2, 0) is 0 Å². The maximum Gasteiger partial charge on any atom is 0.284 e. The highest BCUT2D eigenvalue weighted by molar-refractivity contribution is 9.10. The van der Waals surface area contributed by atoms with Gasteiger partial charge in [-0.25, -0.2) is 0 Å². The van der Waals surface area contributed by atoms with E-state index < -0.39 is 0 Å². The molecule has 0 amide bonds. The molecule has 1 aromatic rings. The van der Waals surface area contributed by atoms with Crippen LogP contribution in [0.15, 0.2) is 9.22 Å². The molecule has 0 bridgehead atoms. The summed E-state index contributed by atoms with van der Waals surface area (Å²) in [6, 6.07) is 0. The lowest BCUT2D eigenvalue weighted by Crippen LogP contribution is -2.04. The molecule has 1 heterocycles. The molecule has 4 heteroatoms. The SMILES string of the molecule is Brc1nnc(C(C2CC2)C2CC2)o1. The van der Waals surface area contributed by atoms with Gasteiger partial charge in [-0.15, -0.1) is 10.2 Å². The van der Waals surface area contributed by atoms with Crippen molar-refractivity contribution in [2.75, 3.05) is 0 Å². The molecular formula is C9H11BrN2O. The highest BCUT2D eigenvalue weighted by atomic mass is 79.9. The molecule has 0 saturated heterocycles. The van der Waals surface area contributed by atoms with Gasteiger partial charge in [0.15, 0.2) is 0 Å². The molecule has 0 unspecified atom stereocenters. The van der Waals surface area contributed by atoms with E-state index in [2.05, 4.69) is 26.1 Å². The van der Waals surface area contributed by atoms with E-state index in [1.54, 1.807) is 0 Å². The topological polar surface area (TPSA) is 38.9 Å². The minimum Gasteiger partial charge on any atom is -0.415 e. The Hall–Kier alpha value is -0.380. The summed E-state index contributed by atoms with van der Waals surface area (Å²) in [6.45, 7) is 0. The van der Waals surface area contributed by atoms with Crippen LogP contribution in [0.25, 0.3) is 0 Å². The summed E-state index contributed by atoms with van der Waals surface area (Å²) in [7, 11) is 0. The first-order valence-corrected chi connectivity index (χ1v) is 5.63. The normalized spacial score (nSPS) is 22.6. The van der Waals surface area contributed by atoms with E-state index in [1.807, 2.05) is 0 Å². The van der Waals surface area contributed by atoms with Gasteiger partial charge < -0.3 is 4.42 Å². The van der Waals surface area contributed by atoms with Crippen LogP contribution < -0.4 is 0 Å². The van der Waals surface area contributed by atoms with Crippen molar-refractivity contribution in [3.63, 3.8) is 0 Å². The van der Waals surface area contributed by atoms with Gasteiger partial charge in [-0.05, 0) is 37.5 Å². The quantitative estimate of drug-likeness (QED) is 0.819. The Morgan fingerprint density at radius 1 is 1.15 bits per heavy atom. The third kappa shape index (κ3) is 1.52. The molecule has 1 aromatic heterocycles. The maximum absolute atomic E-state index is 5.44. The molecule has 0 spiro atoms. The Morgan fingerprint density at radius 3 is 2.15 bits per heavy atom. The summed E-state index contributed by atoms with van der Waals surface area (Å²) in [5, 5.41) is 7.93. The van der Waals surface area contributed by atoms with Crippen molar-refractivity contribution >= 4 is 15.9 Å². The van der Waals surface area contributed by atoms with Gasteiger partial charge in [-0.1, -0.05) is 0 Å². The average molecular weight is 243 g/mol. The fourth-order valence-corrected chi connectivity index (χ4v) is 2.29. The summed E-state index contributed by atoms with van der Waals surface area (Å²) >= 11 is 3.20. The van der Waals surface area contributed by atoms with Gasteiger partial charge >= 0.3 is 0 Å². The van der Waals surface area contributed by atoms with Crippen molar-refractivity contribution in [2.24, 2.45) is 11.8 Å². The Morgan fingerprint density at radius 2 is 1.77 bits per heavy atom. The molecule has 2 fully saturated rings. The van der Waals surface area contributed by atoms with Crippen molar-refractivity contribution in [3.05, 3.63) is 10.7 Å². The lowest BCUT2D eigenvalue weighted by atomic mass is 9.98. The van der Waals surface area contributed by atoms with Gasteiger partial charge in [0.2, 0.25) is 5.89 Å². The van der Waals surface area contributed by atoms with Crippen LogP contribution in [0.1, 0.15) is 37.5 Å². The van der Waals surface area contributed by atoms with Crippen LogP contribution in [0.5, 0.6) is 0 Å². The van der Waals surface area contributed by atoms with Gasteiger partial charge in [-0.2, -0.15) is 0 Å². The van der Waals surface area contributed by atoms with Crippen molar-refractivity contribution in [1.82, 2.24) is 10.2 Å². The van der Waals surface area contributed by atoms with Crippen LogP contribution in [0, 0.1) is 11.8 Å². The zero-order valence-electron chi connectivity index (χ0n) is 7.24. The Bertz CT molecular complexity index is 305. The fraction of sp³-hybridized carbons (Fsp3) is 0.778. The molecule has 0 N–H and O–H groups in total. The number of aromatic nitrogens is 2. The minimum atomic E-state index is 0.522. The molecule has 70 valence electrons. The molecular weight excluding hydrogens is 232 g/mol. The van der Waals surface area contributed by atoms with E-state index in [-0.39, 0.29) is 0 Å². The van der Waals surface area contributed by atoms with Crippen molar-refractivity contribution in [3.8, 4) is 0 Å². The summed E-state index contributed by atoms with van der Waals surface area (Å²) in [5.74, 6) is 3.09. The molecule has 0 atom stereocenters. The summed E-state index contributed by atoms with van der Waals surface area (Å²) in [4.78, 5) is 0.522. The van der Waals surface area contributed by atoms with Gasteiger partial charge in [-0.3, -0.25) is 0 Å². The van der Waals surface area contributed by atoms with Gasteiger partial charge in [0.05, 0.1) is 0 Å². The van der Waals surface area contributed by atoms with Crippen LogP contribution in [0.2, 0.25) is 0 Å². The Labute approximate surface area is 85.0 Å². The highest BCUT2D eigenvalue weighted by Gasteiger charge is 2.45. The van der Waals surface area contributed by atoms with Crippen molar-refractivity contribution in [1.29, 1.82) is 0 Å². The van der Waals surface area contributed by atoms with E-state index in [0.717, 1.165) is 17.7 Å². The highest BCUT2D eigenvalue weighted by Crippen LogP contribution is 2.54. The second-order valence-corrected chi connectivity index (χ2v) is 4.77. The zero-order chi connectivity index (χ0) is 8.84. The average Bonchev–Trinajstić information content (AvgIpc) is 2.95. The fourth-order valence-electron chi connectivity index (χ4n) is 2.05. The predicted octanol–water partition coefficient (Wildman–Crippen LogP) is 2.74. The zero-order valence-corrected chi connectivity index (χ0v) is 8.83. The molecule has 0 radical (unpaired) electrons. The predicted molar refractivity (Wildman–Crippen MR) is 50.2 cm³/mol. The standard InChI is InChI=1S/C9H11BrN2O/c10-9-12-11-8(13-9)7(5-1-2-5)6-3-4-6/h5-7H,1-4H2. The second-order valence-electron chi connectivity index (χ2n) is 4.09. The number of halogens is 1. The second kappa shape index (κ2) is 2.80. The largest absolute Gasteiger partial charge is 0.415 e. The molecule has 2 aliphatic rings. The molecule has 0 aromatic carbocycles. The van der Waals surface area contributed by atoms with Gasteiger partial charge in [0.1, 0.15) is 0 Å². The van der Waals surface area contributed by atoms with Crippen LogP contribution in [0.3, 0.4) is 0 Å². The van der Waals surface area contributed by atoms with Crippen LogP contribution >= 0.6 is 15.9 Å². The number of rotatable bonds is 3. The first kappa shape index (κ1) is 7.97. The minimum absolute atomic E-state index is 0.522. The lowest BCUT2D eigenvalue weighted by molar-refractivity contribution is 0.382. The van der Waals surface area contributed by atoms with E-state index in [4.69, 9.17) is 4.42 Å². The molecule has 3 rings (SSSR count). The van der Waals surface area contributed by atoms with E-state index in [0.29, 0.717) is 10.7 Å². The van der Waals surface area contributed by atoms with Crippen LogP contribution in [-0.4, -0.2) is 10.2 Å². The smallest absolute Gasteiger partial charge is 0.284 e. The van der Waals surface area contributed by atoms with Crippen molar-refractivity contribution in [2.45, 2.75) is 31.6 Å². The number of nitrogens with zero attached hydrogens (tertiary/aromatic N) is 2. The molecule has 2 saturated carbocycles. The van der Waals surface area contributed by atoms with Crippen molar-refractivity contribution < 1.29 is 4.42 Å². The van der Waals surface area contributed by atoms with Gasteiger partial charge in [0, 0.05) is 21.8 Å². The van der Waals surface area contributed by atoms with E-state index >= 15 is 0 Å². The van der Waals surface area contributed by atoms with Crippen LogP contribution in [0.4, 0.5) is 0 Å². The number of hydrogen-bond donors (Lipinski definition) is 0. The Kier molecular flexibility index (Phi) is 1.72. The summed E-state index contributed by atoms with van der Waals surface area (Å²) in [5.41, 5.74) is 0. The van der Waals surface area contributed by atoms with E-state index in [9.17, 15) is 0 Å². The first-order valence-electron chi connectivity index (χ1n) is 4.83. The summed E-state index contributed by atoms with van der Waals surface area (Å²) < 4.78 is 5.44. The third-order valence-corrected chi connectivity index (χ3v) is 3.28. The van der Waals surface area contributed by atoms with E-state index in [1.165, 1.54) is 25.7 Å². The molecule has 3 nitrogen and oxygen atoms in total. The lowest BCUT2D eigenvalue weighted by Gasteiger charge is -2.08. The third-order valence-electron chi connectivity index (χ3n) is 2.96. The summed E-state index contributed by atoms with van der Waals surface area (Å²) in [6.07, 6.45) is 5.39. The molecule has 13 heavy (non-hydrogen) atoms. The Balaban J connectivity index is 1.86. The monoisotopic (exact) mass is 242 g/mol. The molecule has 0 aliphatic heterocycles. The molecule has 2 aliphatic carbocycles. The first-order chi connectivity index (χ1) is 6.34.